The van der Waals surface area contributed by atoms with Crippen molar-refractivity contribution in [2.45, 2.75) is 13.5 Å². The monoisotopic (exact) mass is 258 g/mol. The Morgan fingerprint density at radius 3 is 2.26 bits per heavy atom. The molecule has 1 aromatic rings. The molecule has 1 saturated heterocycles. The van der Waals surface area contributed by atoms with Crippen LogP contribution in [0.5, 0.6) is 0 Å². The summed E-state index contributed by atoms with van der Waals surface area (Å²) in [5.41, 5.74) is 2.30. The van der Waals surface area contributed by atoms with Crippen LogP contribution < -0.4 is 0 Å². The van der Waals surface area contributed by atoms with Gasteiger partial charge in [0.05, 0.1) is 0 Å². The SMILES string of the molecule is CCN1CCN(Cc2ccc(C#CCO)cc2)CC1. The molecular formula is C16H22N2O. The first-order valence-electron chi connectivity index (χ1n) is 6.95. The second-order valence-corrected chi connectivity index (χ2v) is 4.87. The molecule has 0 amide bonds. The molecule has 3 nitrogen and oxygen atoms in total. The topological polar surface area (TPSA) is 26.7 Å². The highest BCUT2D eigenvalue weighted by Crippen LogP contribution is 2.09. The molecule has 1 N–H and O–H groups in total. The van der Waals surface area contributed by atoms with Crippen molar-refractivity contribution in [2.75, 3.05) is 39.3 Å². The van der Waals surface area contributed by atoms with E-state index in [1.54, 1.807) is 0 Å². The molecule has 0 unspecified atom stereocenters. The number of benzene rings is 1. The predicted octanol–water partition coefficient (Wildman–Crippen LogP) is 1.17. The fourth-order valence-electron chi connectivity index (χ4n) is 2.36. The van der Waals surface area contributed by atoms with E-state index < -0.39 is 0 Å². The molecule has 19 heavy (non-hydrogen) atoms. The van der Waals surface area contributed by atoms with E-state index in [9.17, 15) is 0 Å². The van der Waals surface area contributed by atoms with Crippen molar-refractivity contribution < 1.29 is 5.11 Å². The molecule has 0 atom stereocenters. The second-order valence-electron chi connectivity index (χ2n) is 4.87. The highest BCUT2D eigenvalue weighted by atomic mass is 16.2. The van der Waals surface area contributed by atoms with Crippen molar-refractivity contribution in [3.05, 3.63) is 35.4 Å². The van der Waals surface area contributed by atoms with Gasteiger partial charge in [-0.1, -0.05) is 30.9 Å². The summed E-state index contributed by atoms with van der Waals surface area (Å²) in [5.74, 6) is 5.58. The van der Waals surface area contributed by atoms with Crippen LogP contribution in [0.4, 0.5) is 0 Å². The molecule has 0 bridgehead atoms. The number of rotatable bonds is 3. The average Bonchev–Trinajstić information content (AvgIpc) is 2.47. The fraction of sp³-hybridized carbons (Fsp3) is 0.500. The summed E-state index contributed by atoms with van der Waals surface area (Å²) in [4.78, 5) is 4.99. The quantitative estimate of drug-likeness (QED) is 0.825. The standard InChI is InChI=1S/C16H22N2O/c1-2-17-9-11-18(12-10-17)14-16-7-5-15(6-8-16)4-3-13-19/h5-8,19H,2,9-14H2,1H3. The highest BCUT2D eigenvalue weighted by Gasteiger charge is 2.15. The van der Waals surface area contributed by atoms with E-state index >= 15 is 0 Å². The third-order valence-electron chi connectivity index (χ3n) is 3.58. The third-order valence-corrected chi connectivity index (χ3v) is 3.58. The smallest absolute Gasteiger partial charge is 0.104 e. The van der Waals surface area contributed by atoms with E-state index in [4.69, 9.17) is 5.11 Å². The van der Waals surface area contributed by atoms with Crippen LogP contribution in [0, 0.1) is 11.8 Å². The minimum atomic E-state index is -0.0799. The van der Waals surface area contributed by atoms with Crippen LogP contribution in [0.1, 0.15) is 18.1 Å². The zero-order chi connectivity index (χ0) is 13.5. The van der Waals surface area contributed by atoms with Crippen LogP contribution in [0.15, 0.2) is 24.3 Å². The molecule has 0 aliphatic carbocycles. The van der Waals surface area contributed by atoms with Gasteiger partial charge in [-0.25, -0.2) is 0 Å². The van der Waals surface area contributed by atoms with Crippen LogP contribution in [0.2, 0.25) is 0 Å². The maximum Gasteiger partial charge on any atom is 0.104 e. The molecule has 0 spiro atoms. The first-order chi connectivity index (χ1) is 9.31. The summed E-state index contributed by atoms with van der Waals surface area (Å²) in [6, 6.07) is 8.32. The molecule has 0 aromatic heterocycles. The third kappa shape index (κ3) is 4.36. The molecule has 1 fully saturated rings. The second kappa shape index (κ2) is 7.30. The summed E-state index contributed by atoms with van der Waals surface area (Å²) in [7, 11) is 0. The van der Waals surface area contributed by atoms with Gasteiger partial charge in [0.25, 0.3) is 0 Å². The first-order valence-corrected chi connectivity index (χ1v) is 6.95. The van der Waals surface area contributed by atoms with Crippen LogP contribution in [-0.4, -0.2) is 54.2 Å². The number of likely N-dealkylation sites (N-methyl/N-ethyl adjacent to an activating group) is 1. The maximum absolute atomic E-state index is 8.66. The van der Waals surface area contributed by atoms with E-state index in [1.807, 2.05) is 12.1 Å². The molecule has 1 aliphatic rings. The van der Waals surface area contributed by atoms with Gasteiger partial charge in [0.1, 0.15) is 6.61 Å². The molecule has 1 aromatic carbocycles. The number of nitrogens with zero attached hydrogens (tertiary/aromatic N) is 2. The summed E-state index contributed by atoms with van der Waals surface area (Å²) < 4.78 is 0. The Morgan fingerprint density at radius 2 is 1.68 bits per heavy atom. The Morgan fingerprint density at radius 1 is 1.05 bits per heavy atom. The Hall–Kier alpha value is -1.34. The zero-order valence-electron chi connectivity index (χ0n) is 11.6. The molecule has 3 heteroatoms. The van der Waals surface area contributed by atoms with Crippen molar-refractivity contribution in [3.8, 4) is 11.8 Å². The molecule has 1 heterocycles. The zero-order valence-corrected chi connectivity index (χ0v) is 11.6. The van der Waals surface area contributed by atoms with E-state index in [0.29, 0.717) is 0 Å². The lowest BCUT2D eigenvalue weighted by Gasteiger charge is -2.34. The van der Waals surface area contributed by atoms with Gasteiger partial charge in [-0.2, -0.15) is 0 Å². The van der Waals surface area contributed by atoms with Gasteiger partial charge in [0.15, 0.2) is 0 Å². The van der Waals surface area contributed by atoms with E-state index in [0.717, 1.165) is 31.7 Å². The number of piperazine rings is 1. The van der Waals surface area contributed by atoms with Crippen LogP contribution >= 0.6 is 0 Å². The van der Waals surface area contributed by atoms with E-state index in [2.05, 4.69) is 40.7 Å². The van der Waals surface area contributed by atoms with Gasteiger partial charge in [0, 0.05) is 38.3 Å². The van der Waals surface area contributed by atoms with Gasteiger partial charge >= 0.3 is 0 Å². The first kappa shape index (κ1) is 14.1. The van der Waals surface area contributed by atoms with Gasteiger partial charge < -0.3 is 10.0 Å². The molecule has 0 radical (unpaired) electrons. The Bertz CT molecular complexity index is 436. The van der Waals surface area contributed by atoms with Crippen molar-refractivity contribution in [1.82, 2.24) is 9.80 Å². The van der Waals surface area contributed by atoms with Crippen LogP contribution in [0.25, 0.3) is 0 Å². The summed E-state index contributed by atoms with van der Waals surface area (Å²) >= 11 is 0. The lowest BCUT2D eigenvalue weighted by molar-refractivity contribution is 0.132. The molecular weight excluding hydrogens is 236 g/mol. The fourth-order valence-corrected chi connectivity index (χ4v) is 2.36. The van der Waals surface area contributed by atoms with Crippen molar-refractivity contribution in [1.29, 1.82) is 0 Å². The normalized spacial score (nSPS) is 16.9. The van der Waals surface area contributed by atoms with Crippen LogP contribution in [0.3, 0.4) is 0 Å². The molecule has 1 aliphatic heterocycles. The summed E-state index contributed by atoms with van der Waals surface area (Å²) in [5, 5.41) is 8.66. The van der Waals surface area contributed by atoms with Gasteiger partial charge in [-0.05, 0) is 24.2 Å². The molecule has 2 rings (SSSR count). The van der Waals surface area contributed by atoms with Gasteiger partial charge in [-0.15, -0.1) is 0 Å². The highest BCUT2D eigenvalue weighted by molar-refractivity contribution is 5.36. The Kier molecular flexibility index (Phi) is 5.41. The van der Waals surface area contributed by atoms with E-state index in [-0.39, 0.29) is 6.61 Å². The number of aliphatic hydroxyl groups excluding tert-OH is 1. The molecule has 102 valence electrons. The number of hydrogen-bond acceptors (Lipinski definition) is 3. The van der Waals surface area contributed by atoms with Crippen LogP contribution in [-0.2, 0) is 6.54 Å². The van der Waals surface area contributed by atoms with Gasteiger partial charge in [-0.3, -0.25) is 4.90 Å². The summed E-state index contributed by atoms with van der Waals surface area (Å²) in [6.07, 6.45) is 0. The minimum Gasteiger partial charge on any atom is -0.384 e. The maximum atomic E-state index is 8.66. The van der Waals surface area contributed by atoms with Gasteiger partial charge in [0.2, 0.25) is 0 Å². The predicted molar refractivity (Wildman–Crippen MR) is 77.8 cm³/mol. The Balaban J connectivity index is 1.86. The van der Waals surface area contributed by atoms with E-state index in [1.165, 1.54) is 18.7 Å². The lowest BCUT2D eigenvalue weighted by atomic mass is 10.1. The largest absolute Gasteiger partial charge is 0.384 e. The van der Waals surface area contributed by atoms with Crippen molar-refractivity contribution in [3.63, 3.8) is 0 Å². The minimum absolute atomic E-state index is 0.0799. The summed E-state index contributed by atoms with van der Waals surface area (Å²) in [6.45, 7) is 8.98. The number of aliphatic hydroxyl groups is 1. The average molecular weight is 258 g/mol. The lowest BCUT2D eigenvalue weighted by Crippen LogP contribution is -2.45. The van der Waals surface area contributed by atoms with Crippen molar-refractivity contribution in [2.24, 2.45) is 0 Å². The molecule has 0 saturated carbocycles. The number of hydrogen-bond donors (Lipinski definition) is 1. The van der Waals surface area contributed by atoms with Crippen molar-refractivity contribution >= 4 is 0 Å². The Labute approximate surface area is 115 Å².